The Morgan fingerprint density at radius 1 is 1.10 bits per heavy atom. The van der Waals surface area contributed by atoms with Crippen LogP contribution in [0.2, 0.25) is 0 Å². The number of nitrogens with zero attached hydrogens (tertiary/aromatic N) is 1. The van der Waals surface area contributed by atoms with Gasteiger partial charge < -0.3 is 9.84 Å². The predicted molar refractivity (Wildman–Crippen MR) is 81.8 cm³/mol. The van der Waals surface area contributed by atoms with Gasteiger partial charge in [-0.3, -0.25) is 0 Å². The molecule has 0 saturated heterocycles. The number of fused-ring (bicyclic) bond motifs is 3. The van der Waals surface area contributed by atoms with Crippen molar-refractivity contribution in [2.24, 2.45) is 4.99 Å². The lowest BCUT2D eigenvalue weighted by atomic mass is 10.1. The monoisotopic (exact) mass is 275 g/mol. The molecule has 1 atom stereocenters. The van der Waals surface area contributed by atoms with Crippen molar-refractivity contribution >= 4 is 18.2 Å². The Kier molecular flexibility index (Phi) is 2.72. The molecule has 1 aliphatic carbocycles. The van der Waals surface area contributed by atoms with Crippen molar-refractivity contribution < 1.29 is 9.84 Å². The van der Waals surface area contributed by atoms with E-state index in [1.165, 1.54) is 0 Å². The van der Waals surface area contributed by atoms with Gasteiger partial charge in [-0.25, -0.2) is 4.99 Å². The smallest absolute Gasteiger partial charge is 0.241 e. The summed E-state index contributed by atoms with van der Waals surface area (Å²) in [6.07, 6.45) is 6.85. The third-order valence-corrected chi connectivity index (χ3v) is 3.60. The number of hydrogen-bond donors (Lipinski definition) is 1. The molecule has 3 heteroatoms. The fourth-order valence-corrected chi connectivity index (χ4v) is 2.57. The summed E-state index contributed by atoms with van der Waals surface area (Å²) in [6.45, 7) is 0. The van der Waals surface area contributed by atoms with Gasteiger partial charge in [0.05, 0.1) is 0 Å². The predicted octanol–water partition coefficient (Wildman–Crippen LogP) is 1.87. The minimum absolute atomic E-state index is 0.516. The minimum atomic E-state index is -1.04. The van der Waals surface area contributed by atoms with Gasteiger partial charge in [0.25, 0.3) is 0 Å². The van der Waals surface area contributed by atoms with Gasteiger partial charge in [0.15, 0.2) is 0 Å². The van der Waals surface area contributed by atoms with E-state index in [9.17, 15) is 5.11 Å². The third-order valence-electron chi connectivity index (χ3n) is 3.60. The van der Waals surface area contributed by atoms with E-state index in [0.29, 0.717) is 11.4 Å². The first-order valence-electron chi connectivity index (χ1n) is 6.83. The highest BCUT2D eigenvalue weighted by atomic mass is 16.6. The standard InChI is InChI=1S/C18H13NO2/c20-18-15(11-12-5-2-1-3-6-12)19-17-14-8-4-7-13(14)9-10-16(17)21-18/h1-11,18,20H. The molecule has 1 unspecified atom stereocenters. The maximum Gasteiger partial charge on any atom is 0.241 e. The topological polar surface area (TPSA) is 41.8 Å². The molecule has 2 aliphatic rings. The van der Waals surface area contributed by atoms with Crippen molar-refractivity contribution in [1.82, 2.24) is 0 Å². The highest BCUT2D eigenvalue weighted by Crippen LogP contribution is 2.19. The molecule has 4 rings (SSSR count). The van der Waals surface area contributed by atoms with Gasteiger partial charge in [0.1, 0.15) is 16.8 Å². The molecule has 1 heterocycles. The Morgan fingerprint density at radius 3 is 2.81 bits per heavy atom. The maximum absolute atomic E-state index is 10.1. The van der Waals surface area contributed by atoms with E-state index in [-0.39, 0.29) is 0 Å². The second kappa shape index (κ2) is 4.72. The summed E-state index contributed by atoms with van der Waals surface area (Å²) in [7, 11) is 0. The van der Waals surface area contributed by atoms with Gasteiger partial charge in [0, 0.05) is 5.22 Å². The number of aliphatic hydroxyl groups excluding tert-OH is 1. The van der Waals surface area contributed by atoms with E-state index < -0.39 is 6.29 Å². The van der Waals surface area contributed by atoms with Gasteiger partial charge in [0.2, 0.25) is 6.29 Å². The summed E-state index contributed by atoms with van der Waals surface area (Å²) in [5.74, 6) is 0.617. The number of benzene rings is 2. The first-order chi connectivity index (χ1) is 10.3. The summed E-state index contributed by atoms with van der Waals surface area (Å²) in [6, 6.07) is 13.6. The Balaban J connectivity index is 1.91. The highest BCUT2D eigenvalue weighted by Gasteiger charge is 2.20. The van der Waals surface area contributed by atoms with E-state index in [2.05, 4.69) is 4.99 Å². The molecule has 0 amide bonds. The molecule has 0 aromatic heterocycles. The van der Waals surface area contributed by atoms with Gasteiger partial charge >= 0.3 is 0 Å². The summed E-state index contributed by atoms with van der Waals surface area (Å²) in [4.78, 5) is 4.61. The first kappa shape index (κ1) is 12.1. The van der Waals surface area contributed by atoms with Crippen LogP contribution in [0, 0.1) is 0 Å². The molecule has 2 aromatic carbocycles. The first-order valence-corrected chi connectivity index (χ1v) is 6.83. The molecule has 102 valence electrons. The SMILES string of the molecule is OC1Oc2ccc3c(c2=NC1=Cc1ccccc1)=CC=C3. The van der Waals surface area contributed by atoms with Gasteiger partial charge in [-0.15, -0.1) is 0 Å². The average molecular weight is 275 g/mol. The minimum Gasteiger partial charge on any atom is -0.457 e. The van der Waals surface area contributed by atoms with Crippen LogP contribution in [-0.4, -0.2) is 11.4 Å². The molecule has 2 aromatic rings. The number of aliphatic hydroxyl groups is 1. The molecular weight excluding hydrogens is 262 g/mol. The van der Waals surface area contributed by atoms with Crippen molar-refractivity contribution in [3.8, 4) is 5.75 Å². The summed E-state index contributed by atoms with van der Waals surface area (Å²) in [5, 5.41) is 11.9. The zero-order valence-electron chi connectivity index (χ0n) is 11.2. The largest absolute Gasteiger partial charge is 0.457 e. The highest BCUT2D eigenvalue weighted by molar-refractivity contribution is 5.67. The normalized spacial score (nSPS) is 20.2. The Hall–Kier alpha value is -2.65. The second-order valence-electron chi connectivity index (χ2n) is 5.00. The summed E-state index contributed by atoms with van der Waals surface area (Å²) in [5.41, 5.74) is 2.62. The van der Waals surface area contributed by atoms with E-state index in [0.717, 1.165) is 21.7 Å². The van der Waals surface area contributed by atoms with Crippen molar-refractivity contribution in [3.63, 3.8) is 0 Å². The Morgan fingerprint density at radius 2 is 1.95 bits per heavy atom. The van der Waals surface area contributed by atoms with Crippen LogP contribution in [0.15, 0.2) is 59.2 Å². The fraction of sp³-hybridized carbons (Fsp3) is 0.0556. The molecule has 21 heavy (non-hydrogen) atoms. The van der Waals surface area contributed by atoms with E-state index in [1.807, 2.05) is 66.8 Å². The molecular formula is C18H13NO2. The van der Waals surface area contributed by atoms with Crippen molar-refractivity contribution in [2.75, 3.05) is 0 Å². The number of allylic oxidation sites excluding steroid dienone is 1. The van der Waals surface area contributed by atoms with Crippen LogP contribution < -0.4 is 15.3 Å². The number of ether oxygens (including phenoxy) is 1. The van der Waals surface area contributed by atoms with E-state index in [4.69, 9.17) is 4.74 Å². The fourth-order valence-electron chi connectivity index (χ4n) is 2.57. The van der Waals surface area contributed by atoms with Crippen LogP contribution in [0.4, 0.5) is 0 Å². The lowest BCUT2D eigenvalue weighted by molar-refractivity contribution is 0.00818. The molecule has 3 nitrogen and oxygen atoms in total. The van der Waals surface area contributed by atoms with Crippen LogP contribution in [0.1, 0.15) is 11.1 Å². The summed E-state index contributed by atoms with van der Waals surface area (Å²) >= 11 is 0. The van der Waals surface area contributed by atoms with Gasteiger partial charge in [-0.05, 0) is 23.3 Å². The third kappa shape index (κ3) is 2.08. The second-order valence-corrected chi connectivity index (χ2v) is 5.00. The van der Waals surface area contributed by atoms with Crippen molar-refractivity contribution in [2.45, 2.75) is 6.29 Å². The zero-order chi connectivity index (χ0) is 14.2. The van der Waals surface area contributed by atoms with E-state index in [1.54, 1.807) is 0 Å². The van der Waals surface area contributed by atoms with Gasteiger partial charge in [-0.1, -0.05) is 54.6 Å². The van der Waals surface area contributed by atoms with Crippen LogP contribution in [-0.2, 0) is 0 Å². The molecule has 0 saturated carbocycles. The van der Waals surface area contributed by atoms with Gasteiger partial charge in [-0.2, -0.15) is 0 Å². The lowest BCUT2D eigenvalue weighted by Crippen LogP contribution is -2.36. The van der Waals surface area contributed by atoms with Crippen LogP contribution in [0.25, 0.3) is 18.2 Å². The molecule has 1 aliphatic heterocycles. The van der Waals surface area contributed by atoms with Crippen molar-refractivity contribution in [3.05, 3.63) is 75.9 Å². The Labute approximate surface area is 121 Å². The van der Waals surface area contributed by atoms with E-state index >= 15 is 0 Å². The lowest BCUT2D eigenvalue weighted by Gasteiger charge is -2.19. The van der Waals surface area contributed by atoms with Crippen LogP contribution >= 0.6 is 0 Å². The Bertz CT molecular complexity index is 879. The quantitative estimate of drug-likeness (QED) is 0.863. The molecule has 0 bridgehead atoms. The maximum atomic E-state index is 10.1. The van der Waals surface area contributed by atoms with Crippen LogP contribution in [0.5, 0.6) is 5.75 Å². The zero-order valence-corrected chi connectivity index (χ0v) is 11.2. The summed E-state index contributed by atoms with van der Waals surface area (Å²) < 4.78 is 5.59. The number of hydrogen-bond acceptors (Lipinski definition) is 3. The molecule has 1 N–H and O–H groups in total. The molecule has 0 radical (unpaired) electrons. The molecule has 0 spiro atoms. The number of rotatable bonds is 1. The average Bonchev–Trinajstić information content (AvgIpc) is 2.98. The van der Waals surface area contributed by atoms with Crippen LogP contribution in [0.3, 0.4) is 0 Å². The molecule has 0 fully saturated rings. The van der Waals surface area contributed by atoms with Crippen molar-refractivity contribution in [1.29, 1.82) is 0 Å².